The SMILES string of the molecule is CCCC(C(=O)O)c1c(C)nc2c(Br)cnn2c1-c1ccc(C)cc1. The number of nitrogens with zero attached hydrogens (tertiary/aromatic N) is 3. The van der Waals surface area contributed by atoms with Crippen molar-refractivity contribution in [3.63, 3.8) is 0 Å². The van der Waals surface area contributed by atoms with Crippen molar-refractivity contribution in [2.24, 2.45) is 0 Å². The maximum Gasteiger partial charge on any atom is 0.311 e. The molecule has 5 nitrogen and oxygen atoms in total. The topological polar surface area (TPSA) is 67.5 Å². The summed E-state index contributed by atoms with van der Waals surface area (Å²) in [5, 5.41) is 14.2. The highest BCUT2D eigenvalue weighted by molar-refractivity contribution is 9.10. The Bertz CT molecular complexity index is 932. The van der Waals surface area contributed by atoms with Gasteiger partial charge < -0.3 is 5.11 Å². The Hall–Kier alpha value is -2.21. The molecule has 3 aromatic rings. The number of hydrogen-bond acceptors (Lipinski definition) is 3. The molecule has 1 aromatic carbocycles. The minimum absolute atomic E-state index is 0.560. The summed E-state index contributed by atoms with van der Waals surface area (Å²) in [4.78, 5) is 16.6. The van der Waals surface area contributed by atoms with E-state index < -0.39 is 11.9 Å². The maximum atomic E-state index is 12.0. The van der Waals surface area contributed by atoms with Crippen LogP contribution < -0.4 is 0 Å². The monoisotopic (exact) mass is 401 g/mol. The van der Waals surface area contributed by atoms with Gasteiger partial charge in [0.25, 0.3) is 0 Å². The van der Waals surface area contributed by atoms with Crippen molar-refractivity contribution in [1.29, 1.82) is 0 Å². The average molecular weight is 402 g/mol. The zero-order chi connectivity index (χ0) is 18.1. The van der Waals surface area contributed by atoms with Crippen molar-refractivity contribution in [1.82, 2.24) is 14.6 Å². The third-order valence-corrected chi connectivity index (χ3v) is 4.94. The molecule has 0 radical (unpaired) electrons. The number of aromatic nitrogens is 3. The van der Waals surface area contributed by atoms with Crippen molar-refractivity contribution in [3.05, 3.63) is 51.8 Å². The lowest BCUT2D eigenvalue weighted by Gasteiger charge is -2.20. The van der Waals surface area contributed by atoms with Crippen molar-refractivity contribution < 1.29 is 9.90 Å². The van der Waals surface area contributed by atoms with E-state index in [2.05, 4.69) is 26.0 Å². The number of hydrogen-bond donors (Lipinski definition) is 1. The molecule has 1 atom stereocenters. The minimum atomic E-state index is -0.828. The van der Waals surface area contributed by atoms with Gasteiger partial charge in [-0.25, -0.2) is 9.50 Å². The van der Waals surface area contributed by atoms with Crippen LogP contribution in [0.5, 0.6) is 0 Å². The van der Waals surface area contributed by atoms with Crippen LogP contribution in [0, 0.1) is 13.8 Å². The minimum Gasteiger partial charge on any atom is -0.481 e. The summed E-state index contributed by atoms with van der Waals surface area (Å²) in [5.74, 6) is -1.44. The van der Waals surface area contributed by atoms with Crippen LogP contribution >= 0.6 is 15.9 Å². The number of fused-ring (bicyclic) bond motifs is 1. The summed E-state index contributed by atoms with van der Waals surface area (Å²) in [6.45, 7) is 5.89. The number of aryl methyl sites for hydroxylation is 2. The first kappa shape index (κ1) is 17.6. The van der Waals surface area contributed by atoms with E-state index in [4.69, 9.17) is 0 Å². The van der Waals surface area contributed by atoms with Gasteiger partial charge >= 0.3 is 5.97 Å². The van der Waals surface area contributed by atoms with Gasteiger partial charge in [-0.2, -0.15) is 5.10 Å². The number of carbonyl (C=O) groups is 1. The molecule has 1 N–H and O–H groups in total. The summed E-state index contributed by atoms with van der Waals surface area (Å²) in [6.07, 6.45) is 3.04. The predicted octanol–water partition coefficient (Wildman–Crippen LogP) is 4.74. The van der Waals surface area contributed by atoms with E-state index >= 15 is 0 Å². The quantitative estimate of drug-likeness (QED) is 0.669. The van der Waals surface area contributed by atoms with Gasteiger partial charge in [0.15, 0.2) is 5.65 Å². The number of carboxylic acid groups (broad SMARTS) is 1. The first-order valence-corrected chi connectivity index (χ1v) is 9.07. The Morgan fingerprint density at radius 1 is 1.28 bits per heavy atom. The number of benzene rings is 1. The number of rotatable bonds is 5. The van der Waals surface area contributed by atoms with Gasteiger partial charge in [-0.15, -0.1) is 0 Å². The zero-order valence-electron chi connectivity index (χ0n) is 14.5. The van der Waals surface area contributed by atoms with Gasteiger partial charge in [0.1, 0.15) is 0 Å². The fourth-order valence-corrected chi connectivity index (χ4v) is 3.53. The van der Waals surface area contributed by atoms with E-state index in [0.29, 0.717) is 12.1 Å². The molecule has 2 heterocycles. The Kier molecular flexibility index (Phi) is 4.90. The molecule has 0 fully saturated rings. The van der Waals surface area contributed by atoms with Crippen LogP contribution in [0.3, 0.4) is 0 Å². The fourth-order valence-electron chi connectivity index (χ4n) is 3.18. The molecule has 2 aromatic heterocycles. The van der Waals surface area contributed by atoms with Gasteiger partial charge in [-0.3, -0.25) is 4.79 Å². The summed E-state index contributed by atoms with van der Waals surface area (Å²) in [7, 11) is 0. The van der Waals surface area contributed by atoms with E-state index in [1.807, 2.05) is 45.0 Å². The van der Waals surface area contributed by atoms with E-state index in [1.54, 1.807) is 10.7 Å². The molecule has 25 heavy (non-hydrogen) atoms. The second-order valence-corrected chi connectivity index (χ2v) is 7.09. The third-order valence-electron chi connectivity index (χ3n) is 4.38. The van der Waals surface area contributed by atoms with Gasteiger partial charge in [0.05, 0.1) is 22.3 Å². The van der Waals surface area contributed by atoms with Crippen LogP contribution in [0.1, 0.15) is 42.5 Å². The lowest BCUT2D eigenvalue weighted by atomic mass is 9.89. The van der Waals surface area contributed by atoms with Crippen LogP contribution in [0.25, 0.3) is 16.9 Å². The van der Waals surface area contributed by atoms with Gasteiger partial charge in [-0.05, 0) is 36.2 Å². The van der Waals surface area contributed by atoms with E-state index in [0.717, 1.165) is 39.0 Å². The van der Waals surface area contributed by atoms with Gasteiger partial charge in [0, 0.05) is 16.8 Å². The molecule has 1 unspecified atom stereocenters. The Balaban J connectivity index is 2.38. The van der Waals surface area contributed by atoms with Crippen LogP contribution in [0.2, 0.25) is 0 Å². The fraction of sp³-hybridized carbons (Fsp3) is 0.316. The Morgan fingerprint density at radius 2 is 1.96 bits per heavy atom. The van der Waals surface area contributed by atoms with Crippen LogP contribution in [0.4, 0.5) is 0 Å². The van der Waals surface area contributed by atoms with E-state index in [1.165, 1.54) is 0 Å². The maximum absolute atomic E-state index is 12.0. The van der Waals surface area contributed by atoms with Gasteiger partial charge in [-0.1, -0.05) is 43.2 Å². The van der Waals surface area contributed by atoms with Crippen molar-refractivity contribution in [2.45, 2.75) is 39.5 Å². The second kappa shape index (κ2) is 6.96. The molecule has 0 aliphatic carbocycles. The molecule has 0 bridgehead atoms. The second-order valence-electron chi connectivity index (χ2n) is 6.23. The van der Waals surface area contributed by atoms with Crippen molar-refractivity contribution in [3.8, 4) is 11.3 Å². The Morgan fingerprint density at radius 3 is 2.56 bits per heavy atom. The summed E-state index contributed by atoms with van der Waals surface area (Å²) >= 11 is 3.48. The normalized spacial score (nSPS) is 12.5. The number of halogens is 1. The van der Waals surface area contributed by atoms with E-state index in [9.17, 15) is 9.90 Å². The zero-order valence-corrected chi connectivity index (χ0v) is 16.0. The highest BCUT2D eigenvalue weighted by Gasteiger charge is 2.28. The molecule has 0 aliphatic heterocycles. The predicted molar refractivity (Wildman–Crippen MR) is 101 cm³/mol. The number of carboxylic acids is 1. The first-order valence-electron chi connectivity index (χ1n) is 8.27. The highest BCUT2D eigenvalue weighted by atomic mass is 79.9. The molecule has 130 valence electrons. The van der Waals surface area contributed by atoms with Crippen LogP contribution in [-0.4, -0.2) is 25.7 Å². The molecule has 0 spiro atoms. The Labute approximate surface area is 154 Å². The lowest BCUT2D eigenvalue weighted by molar-refractivity contribution is -0.139. The standard InChI is InChI=1S/C19H20BrN3O2/c1-4-5-14(19(24)25)16-12(3)22-18-15(20)10-21-23(18)17(16)13-8-6-11(2)7-9-13/h6-10,14H,4-5H2,1-3H3,(H,24,25). The highest BCUT2D eigenvalue weighted by Crippen LogP contribution is 2.35. The third kappa shape index (κ3) is 3.18. The molecular weight excluding hydrogens is 382 g/mol. The molecule has 3 rings (SSSR count). The van der Waals surface area contributed by atoms with Crippen molar-refractivity contribution in [2.75, 3.05) is 0 Å². The summed E-state index contributed by atoms with van der Waals surface area (Å²) < 4.78 is 2.53. The molecule has 6 heteroatoms. The number of aliphatic carboxylic acids is 1. The van der Waals surface area contributed by atoms with E-state index in [-0.39, 0.29) is 0 Å². The average Bonchev–Trinajstić information content (AvgIpc) is 2.93. The smallest absolute Gasteiger partial charge is 0.311 e. The summed E-state index contributed by atoms with van der Waals surface area (Å²) in [6, 6.07) is 8.06. The molecule has 0 aliphatic rings. The van der Waals surface area contributed by atoms with Crippen molar-refractivity contribution >= 4 is 27.5 Å². The molecule has 0 saturated carbocycles. The largest absolute Gasteiger partial charge is 0.481 e. The molecule has 0 amide bonds. The van der Waals surface area contributed by atoms with Gasteiger partial charge in [0.2, 0.25) is 0 Å². The van der Waals surface area contributed by atoms with Crippen LogP contribution in [-0.2, 0) is 4.79 Å². The first-order chi connectivity index (χ1) is 11.9. The lowest BCUT2D eigenvalue weighted by Crippen LogP contribution is -2.17. The molecular formula is C19H20BrN3O2. The van der Waals surface area contributed by atoms with Crippen LogP contribution in [0.15, 0.2) is 34.9 Å². The summed E-state index contributed by atoms with van der Waals surface area (Å²) in [5.41, 5.74) is 5.05. The molecule has 0 saturated heterocycles.